The maximum atomic E-state index is 14.3. The van der Waals surface area contributed by atoms with Gasteiger partial charge in [0.05, 0.1) is 6.33 Å². The van der Waals surface area contributed by atoms with Crippen LogP contribution in [0.15, 0.2) is 73.3 Å². The molecule has 0 fully saturated rings. The van der Waals surface area contributed by atoms with Crippen molar-refractivity contribution < 1.29 is 38.6 Å². The summed E-state index contributed by atoms with van der Waals surface area (Å²) in [6, 6.07) is 12.0. The number of fused-ring (bicyclic) bond motifs is 1. The molecule has 0 bridgehead atoms. The van der Waals surface area contributed by atoms with Crippen LogP contribution in [0.5, 0.6) is 0 Å². The van der Waals surface area contributed by atoms with Crippen LogP contribution in [-0.2, 0) is 43.1 Å². The number of carboxylic acids is 1. The number of H-pyrrole nitrogens is 2. The first kappa shape index (κ1) is 37.2. The fraction of sp³-hybridized carbons (Fsp3) is 0.389. The zero-order chi connectivity index (χ0) is 36.6. The number of rotatable bonds is 12. The van der Waals surface area contributed by atoms with E-state index in [0.29, 0.717) is 21.7 Å². The first-order chi connectivity index (χ1) is 23.5. The van der Waals surface area contributed by atoms with E-state index in [0.717, 1.165) is 10.9 Å². The fourth-order valence-corrected chi connectivity index (χ4v) is 5.18. The third kappa shape index (κ3) is 10.4. The van der Waals surface area contributed by atoms with Crippen LogP contribution < -0.4 is 10.6 Å². The minimum Gasteiger partial charge on any atom is -0.480 e. The van der Waals surface area contributed by atoms with Crippen LogP contribution >= 0.6 is 0 Å². The Kier molecular flexibility index (Phi) is 11.7. The molecule has 5 N–H and O–H groups in total. The van der Waals surface area contributed by atoms with E-state index in [9.17, 15) is 29.1 Å². The van der Waals surface area contributed by atoms with E-state index >= 15 is 0 Å². The molecule has 0 aliphatic heterocycles. The average Bonchev–Trinajstić information content (AvgIpc) is 3.69. The topological polar surface area (TPSA) is 196 Å². The summed E-state index contributed by atoms with van der Waals surface area (Å²) in [5.74, 6) is -2.95. The molecule has 4 aromatic rings. The SMILES string of the molecule is CC(C)(C)OC(=O)N(C(=O)OC(C)(C)C)[C@@H](Cc1cnc[nH]1)C(=O)N[C@@H](Cc1ccccc1)C(=O)N[C@@H](Cc1c[nH]c2ccccc12)C(=O)O. The lowest BCUT2D eigenvalue weighted by atomic mass is 10.0. The standard InChI is InChI=1S/C36H44N6O8/c1-35(2,3)49-33(47)42(34(48)50-36(4,5)6)29(18-24-20-37-21-39-24)31(44)40-27(16-22-12-8-7-9-13-22)30(43)41-28(32(45)46)17-23-19-38-26-15-11-10-14-25(23)26/h7-15,19-21,27-29,38H,16-18H2,1-6H3,(H,37,39)(H,40,44)(H,41,43)(H,45,46)/t27-,28-,29-/m0/s1. The number of amides is 4. The van der Waals surface area contributed by atoms with Crippen molar-refractivity contribution in [3.8, 4) is 0 Å². The first-order valence-electron chi connectivity index (χ1n) is 16.2. The van der Waals surface area contributed by atoms with Gasteiger partial charge in [-0.05, 0) is 58.7 Å². The van der Waals surface area contributed by atoms with Gasteiger partial charge in [0, 0.05) is 48.3 Å². The lowest BCUT2D eigenvalue weighted by Crippen LogP contribution is -2.59. The Hall–Kier alpha value is -5.66. The van der Waals surface area contributed by atoms with Crippen molar-refractivity contribution in [1.29, 1.82) is 0 Å². The molecular weight excluding hydrogens is 644 g/mol. The number of imidazole rings is 1. The molecule has 0 radical (unpaired) electrons. The number of aromatic amines is 2. The Balaban J connectivity index is 1.68. The minimum absolute atomic E-state index is 0.0342. The number of hydrogen-bond acceptors (Lipinski definition) is 8. The second-order valence-corrected chi connectivity index (χ2v) is 13.8. The maximum absolute atomic E-state index is 14.3. The van der Waals surface area contributed by atoms with Gasteiger partial charge < -0.3 is 35.2 Å². The second kappa shape index (κ2) is 15.7. The van der Waals surface area contributed by atoms with Crippen molar-refractivity contribution in [3.63, 3.8) is 0 Å². The quantitative estimate of drug-likeness (QED) is 0.142. The summed E-state index contributed by atoms with van der Waals surface area (Å²) < 4.78 is 11.1. The lowest BCUT2D eigenvalue weighted by Gasteiger charge is -2.33. The van der Waals surface area contributed by atoms with Crippen LogP contribution in [0.2, 0.25) is 0 Å². The number of benzene rings is 2. The van der Waals surface area contributed by atoms with Crippen molar-refractivity contribution in [2.24, 2.45) is 0 Å². The Labute approximate surface area is 289 Å². The number of nitrogens with zero attached hydrogens (tertiary/aromatic N) is 2. The third-order valence-corrected chi connectivity index (χ3v) is 7.39. The lowest BCUT2D eigenvalue weighted by molar-refractivity contribution is -0.142. The van der Waals surface area contributed by atoms with Crippen LogP contribution in [0.25, 0.3) is 10.9 Å². The Morgan fingerprint density at radius 1 is 0.780 bits per heavy atom. The van der Waals surface area contributed by atoms with Crippen LogP contribution in [-0.4, -0.2) is 84.3 Å². The Bertz CT molecular complexity index is 1760. The molecule has 0 saturated carbocycles. The maximum Gasteiger partial charge on any atom is 0.420 e. The molecule has 4 amide bonds. The molecule has 14 heteroatoms. The predicted octanol–water partition coefficient (Wildman–Crippen LogP) is 4.51. The normalized spacial score (nSPS) is 13.5. The molecule has 0 unspecified atom stereocenters. The highest BCUT2D eigenvalue weighted by Crippen LogP contribution is 2.21. The molecule has 50 heavy (non-hydrogen) atoms. The highest BCUT2D eigenvalue weighted by atomic mass is 16.6. The molecule has 0 aliphatic carbocycles. The minimum atomic E-state index is -1.58. The predicted molar refractivity (Wildman–Crippen MR) is 184 cm³/mol. The van der Waals surface area contributed by atoms with Gasteiger partial charge in [-0.2, -0.15) is 4.90 Å². The number of nitrogens with one attached hydrogen (secondary N) is 4. The van der Waals surface area contributed by atoms with Gasteiger partial charge in [0.15, 0.2) is 0 Å². The molecule has 4 rings (SSSR count). The summed E-state index contributed by atoms with van der Waals surface area (Å²) in [5.41, 5.74) is 0.475. The van der Waals surface area contributed by atoms with Gasteiger partial charge in [-0.25, -0.2) is 19.4 Å². The molecule has 2 aromatic heterocycles. The van der Waals surface area contributed by atoms with Crippen LogP contribution in [0, 0.1) is 0 Å². The van der Waals surface area contributed by atoms with E-state index in [1.165, 1.54) is 12.5 Å². The van der Waals surface area contributed by atoms with Gasteiger partial charge in [0.25, 0.3) is 0 Å². The van der Waals surface area contributed by atoms with Crippen molar-refractivity contribution in [3.05, 3.63) is 90.1 Å². The zero-order valence-corrected chi connectivity index (χ0v) is 29.0. The molecule has 266 valence electrons. The van der Waals surface area contributed by atoms with Gasteiger partial charge >= 0.3 is 18.2 Å². The van der Waals surface area contributed by atoms with E-state index in [2.05, 4.69) is 25.6 Å². The summed E-state index contributed by atoms with van der Waals surface area (Å²) in [6.45, 7) is 9.65. The largest absolute Gasteiger partial charge is 0.480 e. The van der Waals surface area contributed by atoms with Crippen LogP contribution in [0.4, 0.5) is 9.59 Å². The highest BCUT2D eigenvalue weighted by Gasteiger charge is 2.42. The van der Waals surface area contributed by atoms with E-state index in [1.807, 2.05) is 24.3 Å². The molecule has 0 aliphatic rings. The van der Waals surface area contributed by atoms with Gasteiger partial charge in [0.1, 0.15) is 29.3 Å². The monoisotopic (exact) mass is 688 g/mol. The number of carbonyl (C=O) groups excluding carboxylic acids is 4. The summed E-state index contributed by atoms with van der Waals surface area (Å²) in [5, 5.41) is 16.2. The molecule has 2 heterocycles. The van der Waals surface area contributed by atoms with Gasteiger partial charge in [-0.1, -0.05) is 48.5 Å². The molecule has 0 spiro atoms. The summed E-state index contributed by atoms with van der Waals surface area (Å²) in [6.07, 6.45) is 1.92. The van der Waals surface area contributed by atoms with E-state index in [1.54, 1.807) is 78.1 Å². The smallest absolute Gasteiger partial charge is 0.420 e. The van der Waals surface area contributed by atoms with Crippen molar-refractivity contribution in [2.75, 3.05) is 0 Å². The number of ether oxygens (including phenoxy) is 2. The molecule has 14 nitrogen and oxygen atoms in total. The van der Waals surface area contributed by atoms with Crippen LogP contribution in [0.3, 0.4) is 0 Å². The molecule has 0 saturated heterocycles. The molecule has 2 aromatic carbocycles. The fourth-order valence-electron chi connectivity index (χ4n) is 5.18. The number of aromatic nitrogens is 3. The Morgan fingerprint density at radius 3 is 1.96 bits per heavy atom. The number of carbonyl (C=O) groups is 5. The zero-order valence-electron chi connectivity index (χ0n) is 29.0. The van der Waals surface area contributed by atoms with Crippen molar-refractivity contribution in [1.82, 2.24) is 30.5 Å². The number of para-hydroxylation sites is 1. The highest BCUT2D eigenvalue weighted by molar-refractivity contribution is 5.98. The van der Waals surface area contributed by atoms with Crippen molar-refractivity contribution >= 4 is 40.9 Å². The van der Waals surface area contributed by atoms with E-state index < -0.39 is 59.3 Å². The summed E-state index contributed by atoms with van der Waals surface area (Å²) >= 11 is 0. The summed E-state index contributed by atoms with van der Waals surface area (Å²) in [4.78, 5) is 78.3. The third-order valence-electron chi connectivity index (χ3n) is 7.39. The van der Waals surface area contributed by atoms with Gasteiger partial charge in [0.2, 0.25) is 11.8 Å². The van der Waals surface area contributed by atoms with Crippen molar-refractivity contribution in [2.45, 2.75) is 90.1 Å². The number of hydrogen-bond donors (Lipinski definition) is 5. The van der Waals surface area contributed by atoms with E-state index in [-0.39, 0.29) is 19.3 Å². The second-order valence-electron chi connectivity index (χ2n) is 13.8. The Morgan fingerprint density at radius 2 is 1.38 bits per heavy atom. The van der Waals surface area contributed by atoms with Gasteiger partial charge in [-0.15, -0.1) is 0 Å². The average molecular weight is 689 g/mol. The number of imide groups is 1. The molecule has 3 atom stereocenters. The molecular formula is C36H44N6O8. The number of aliphatic carboxylic acids is 1. The van der Waals surface area contributed by atoms with Crippen LogP contribution in [0.1, 0.15) is 58.4 Å². The number of carboxylic acid groups (broad SMARTS) is 1. The van der Waals surface area contributed by atoms with Gasteiger partial charge in [-0.3, -0.25) is 9.59 Å². The van der Waals surface area contributed by atoms with E-state index in [4.69, 9.17) is 9.47 Å². The first-order valence-corrected chi connectivity index (χ1v) is 16.2. The summed E-state index contributed by atoms with van der Waals surface area (Å²) in [7, 11) is 0.